The van der Waals surface area contributed by atoms with Crippen LogP contribution < -0.4 is 5.73 Å². The molecule has 10 heteroatoms. The first-order valence-corrected chi connectivity index (χ1v) is 9.95. The van der Waals surface area contributed by atoms with Crippen molar-refractivity contribution in [3.05, 3.63) is 34.3 Å². The third-order valence-corrected chi connectivity index (χ3v) is 5.08. The van der Waals surface area contributed by atoms with Gasteiger partial charge in [0.25, 0.3) is 0 Å². The van der Waals surface area contributed by atoms with Crippen molar-refractivity contribution < 1.29 is 23.9 Å². The summed E-state index contributed by atoms with van der Waals surface area (Å²) in [5, 5.41) is -0.308. The number of rotatable bonds is 8. The van der Waals surface area contributed by atoms with Gasteiger partial charge >= 0.3 is 11.9 Å². The molecule has 2 aromatic heterocycles. The van der Waals surface area contributed by atoms with E-state index >= 15 is 0 Å². The molecular weight excluding hydrogens is 396 g/mol. The van der Waals surface area contributed by atoms with Gasteiger partial charge in [0.15, 0.2) is 10.9 Å². The first-order valence-electron chi connectivity index (χ1n) is 9.07. The van der Waals surface area contributed by atoms with Crippen molar-refractivity contribution in [2.45, 2.75) is 45.0 Å². The quantitative estimate of drug-likeness (QED) is 0.286. The minimum atomic E-state index is -0.602. The van der Waals surface area contributed by atoms with Gasteiger partial charge in [0.2, 0.25) is 0 Å². The van der Waals surface area contributed by atoms with Gasteiger partial charge in [-0.2, -0.15) is 0 Å². The highest BCUT2D eigenvalue weighted by Gasteiger charge is 2.27. The van der Waals surface area contributed by atoms with E-state index in [1.807, 2.05) is 0 Å². The first-order chi connectivity index (χ1) is 13.7. The maximum Gasteiger partial charge on any atom is 0.343 e. The van der Waals surface area contributed by atoms with Crippen LogP contribution in [0.3, 0.4) is 0 Å². The van der Waals surface area contributed by atoms with Crippen LogP contribution in [0.25, 0.3) is 0 Å². The summed E-state index contributed by atoms with van der Waals surface area (Å²) in [5.41, 5.74) is 7.70. The van der Waals surface area contributed by atoms with Crippen LogP contribution in [0, 0.1) is 13.8 Å². The van der Waals surface area contributed by atoms with Gasteiger partial charge in [0.1, 0.15) is 11.4 Å². The predicted octanol–water partition coefficient (Wildman–Crippen LogP) is 2.72. The zero-order chi connectivity index (χ0) is 21.7. The van der Waals surface area contributed by atoms with E-state index in [2.05, 4.69) is 15.0 Å². The summed E-state index contributed by atoms with van der Waals surface area (Å²) in [7, 11) is 0. The normalized spacial score (nSPS) is 11.8. The molecule has 2 rings (SSSR count). The van der Waals surface area contributed by atoms with Gasteiger partial charge in [0, 0.05) is 11.9 Å². The summed E-state index contributed by atoms with van der Waals surface area (Å²) < 4.78 is 9.94. The highest BCUT2D eigenvalue weighted by molar-refractivity contribution is 8.00. The molecule has 0 aromatic carbocycles. The summed E-state index contributed by atoms with van der Waals surface area (Å²) in [6, 6.07) is 0. The predicted molar refractivity (Wildman–Crippen MR) is 108 cm³/mol. The molecule has 1 unspecified atom stereocenters. The van der Waals surface area contributed by atoms with Gasteiger partial charge in [-0.3, -0.25) is 4.79 Å². The second kappa shape index (κ2) is 9.55. The zero-order valence-corrected chi connectivity index (χ0v) is 17.8. The number of aromatic nitrogens is 3. The molecule has 0 fully saturated rings. The average molecular weight is 420 g/mol. The number of aromatic amines is 1. The molecular formula is C19H24N4O5S. The smallest absolute Gasteiger partial charge is 0.343 e. The highest BCUT2D eigenvalue weighted by Crippen LogP contribution is 2.27. The lowest BCUT2D eigenvalue weighted by molar-refractivity contribution is 0.0516. The van der Waals surface area contributed by atoms with E-state index in [-0.39, 0.29) is 35.5 Å². The Morgan fingerprint density at radius 3 is 2.38 bits per heavy atom. The number of thioether (sulfide) groups is 1. The third kappa shape index (κ3) is 4.94. The number of nitrogen functional groups attached to an aromatic ring is 1. The van der Waals surface area contributed by atoms with Crippen LogP contribution >= 0.6 is 11.8 Å². The molecule has 0 saturated carbocycles. The number of nitrogens with two attached hydrogens (primary N) is 1. The highest BCUT2D eigenvalue weighted by atomic mass is 32.2. The summed E-state index contributed by atoms with van der Waals surface area (Å²) >= 11 is 1.10. The first kappa shape index (κ1) is 22.4. The Bertz CT molecular complexity index is 941. The second-order valence-electron chi connectivity index (χ2n) is 6.14. The molecule has 0 amide bonds. The lowest BCUT2D eigenvalue weighted by Crippen LogP contribution is -2.17. The number of ketones is 1. The minimum absolute atomic E-state index is 0.0166. The number of aryl methyl sites for hydroxylation is 1. The van der Waals surface area contributed by atoms with Crippen molar-refractivity contribution in [1.82, 2.24) is 15.0 Å². The van der Waals surface area contributed by atoms with E-state index in [1.54, 1.807) is 34.6 Å². The monoisotopic (exact) mass is 420 g/mol. The number of anilines is 1. The number of H-pyrrole nitrogens is 1. The summed E-state index contributed by atoms with van der Waals surface area (Å²) in [6.07, 6.45) is 1.28. The SMILES string of the molecule is CCOC(=O)c1cnc(SC(C)C(=O)c2[nH]c(C)c(C(=O)OCC)c2C)nc1N. The molecule has 0 aliphatic heterocycles. The number of carbonyl (C=O) groups excluding carboxylic acids is 3. The standard InChI is InChI=1S/C19H24N4O5S/c1-6-27-17(25)12-8-21-19(23-16(12)20)29-11(5)15(24)14-9(3)13(10(4)22-14)18(26)28-7-2/h8,11,22H,6-7H2,1-5H3,(H2,20,21,23). The van der Waals surface area contributed by atoms with Gasteiger partial charge in [-0.15, -0.1) is 0 Å². The van der Waals surface area contributed by atoms with Crippen molar-refractivity contribution >= 4 is 35.3 Å². The maximum atomic E-state index is 12.9. The fourth-order valence-corrected chi connectivity index (χ4v) is 3.53. The molecule has 0 aliphatic rings. The van der Waals surface area contributed by atoms with Crippen molar-refractivity contribution in [1.29, 1.82) is 0 Å². The number of Topliss-reactive ketones (excluding diaryl/α,β-unsaturated/α-hetero) is 1. The number of ether oxygens (including phenoxy) is 2. The van der Waals surface area contributed by atoms with Crippen LogP contribution in [-0.4, -0.2) is 51.1 Å². The summed E-state index contributed by atoms with van der Waals surface area (Å²) in [6.45, 7) is 8.98. The number of nitrogens with one attached hydrogen (secondary N) is 1. The third-order valence-electron chi connectivity index (χ3n) is 4.11. The summed E-state index contributed by atoms with van der Waals surface area (Å²) in [5.74, 6) is -1.31. The molecule has 0 radical (unpaired) electrons. The lowest BCUT2D eigenvalue weighted by atomic mass is 10.1. The molecule has 0 bridgehead atoms. The second-order valence-corrected chi connectivity index (χ2v) is 7.45. The molecule has 2 aromatic rings. The van der Waals surface area contributed by atoms with Crippen molar-refractivity contribution in [2.75, 3.05) is 18.9 Å². The van der Waals surface area contributed by atoms with Gasteiger partial charge in [0.05, 0.1) is 29.7 Å². The van der Waals surface area contributed by atoms with Crippen molar-refractivity contribution in [2.24, 2.45) is 0 Å². The number of esters is 2. The average Bonchev–Trinajstić information content (AvgIpc) is 2.95. The molecule has 9 nitrogen and oxygen atoms in total. The maximum absolute atomic E-state index is 12.9. The van der Waals surface area contributed by atoms with E-state index in [9.17, 15) is 14.4 Å². The Morgan fingerprint density at radius 1 is 1.17 bits per heavy atom. The largest absolute Gasteiger partial charge is 0.462 e. The van der Waals surface area contributed by atoms with Crippen LogP contribution in [0.5, 0.6) is 0 Å². The minimum Gasteiger partial charge on any atom is -0.462 e. The Labute approximate surface area is 172 Å². The van der Waals surface area contributed by atoms with Crippen molar-refractivity contribution in [3.63, 3.8) is 0 Å². The molecule has 0 spiro atoms. The molecule has 0 aliphatic carbocycles. The van der Waals surface area contributed by atoms with E-state index < -0.39 is 17.2 Å². The zero-order valence-electron chi connectivity index (χ0n) is 17.0. The van der Waals surface area contributed by atoms with E-state index in [0.29, 0.717) is 22.5 Å². The van der Waals surface area contributed by atoms with Crippen molar-refractivity contribution in [3.8, 4) is 0 Å². The molecule has 156 valence electrons. The fourth-order valence-electron chi connectivity index (χ4n) is 2.72. The molecule has 1 atom stereocenters. The van der Waals surface area contributed by atoms with Crippen LogP contribution in [0.1, 0.15) is 63.2 Å². The van der Waals surface area contributed by atoms with Gasteiger partial charge in [-0.05, 0) is 40.2 Å². The van der Waals surface area contributed by atoms with E-state index in [4.69, 9.17) is 15.2 Å². The Kier molecular flexibility index (Phi) is 7.38. The van der Waals surface area contributed by atoms with Gasteiger partial charge < -0.3 is 20.2 Å². The van der Waals surface area contributed by atoms with E-state index in [1.165, 1.54) is 6.20 Å². The molecule has 3 N–H and O–H groups in total. The number of nitrogens with zero attached hydrogens (tertiary/aromatic N) is 2. The van der Waals surface area contributed by atoms with Crippen LogP contribution in [0.4, 0.5) is 5.82 Å². The van der Waals surface area contributed by atoms with Crippen LogP contribution in [0.15, 0.2) is 11.4 Å². The number of carbonyl (C=O) groups is 3. The Morgan fingerprint density at radius 2 is 1.79 bits per heavy atom. The van der Waals surface area contributed by atoms with Crippen LogP contribution in [0.2, 0.25) is 0 Å². The molecule has 2 heterocycles. The lowest BCUT2D eigenvalue weighted by Gasteiger charge is -2.10. The van der Waals surface area contributed by atoms with Crippen LogP contribution in [-0.2, 0) is 9.47 Å². The fraction of sp³-hybridized carbons (Fsp3) is 0.421. The Balaban J connectivity index is 2.20. The number of hydrogen-bond acceptors (Lipinski definition) is 9. The van der Waals surface area contributed by atoms with E-state index in [0.717, 1.165) is 11.8 Å². The Hall–Kier alpha value is -2.88. The topological polar surface area (TPSA) is 137 Å². The van der Waals surface area contributed by atoms with Gasteiger partial charge in [-0.1, -0.05) is 11.8 Å². The molecule has 29 heavy (non-hydrogen) atoms. The molecule has 0 saturated heterocycles. The summed E-state index contributed by atoms with van der Waals surface area (Å²) in [4.78, 5) is 48.0. The van der Waals surface area contributed by atoms with Gasteiger partial charge in [-0.25, -0.2) is 19.6 Å². The number of hydrogen-bond donors (Lipinski definition) is 2.